The van der Waals surface area contributed by atoms with Gasteiger partial charge >= 0.3 is 0 Å². The number of carbonyl (C=O) groups excluding carboxylic acids is 1. The third-order valence-electron chi connectivity index (χ3n) is 4.68. The second-order valence-electron chi connectivity index (χ2n) is 7.22. The molecule has 1 aromatic carbocycles. The van der Waals surface area contributed by atoms with Crippen LogP contribution in [0.4, 0.5) is 4.39 Å². The summed E-state index contributed by atoms with van der Waals surface area (Å²) in [4.78, 5) is 14.7. The smallest absolute Gasteiger partial charge is 0.232 e. The molecule has 116 valence electrons. The molecule has 1 amide bonds. The maximum absolute atomic E-state index is 14.0. The number of nitrogens with zero attached hydrogens (tertiary/aromatic N) is 1. The zero-order valence-electron chi connectivity index (χ0n) is 13.3. The van der Waals surface area contributed by atoms with Crippen LogP contribution >= 0.6 is 0 Å². The van der Waals surface area contributed by atoms with Crippen molar-refractivity contribution < 1.29 is 9.18 Å². The molecule has 1 aliphatic heterocycles. The summed E-state index contributed by atoms with van der Waals surface area (Å²) in [5.74, 6) is -0.364. The van der Waals surface area contributed by atoms with Crippen LogP contribution in [0.1, 0.15) is 39.7 Å². The topological polar surface area (TPSA) is 46.3 Å². The van der Waals surface area contributed by atoms with E-state index in [-0.39, 0.29) is 23.2 Å². The first kappa shape index (κ1) is 16.0. The van der Waals surface area contributed by atoms with Gasteiger partial charge < -0.3 is 10.6 Å². The maximum Gasteiger partial charge on any atom is 0.232 e. The fraction of sp³-hybridized carbons (Fsp3) is 0.588. The van der Waals surface area contributed by atoms with E-state index in [1.54, 1.807) is 32.0 Å². The van der Waals surface area contributed by atoms with E-state index in [2.05, 4.69) is 13.8 Å². The zero-order valence-corrected chi connectivity index (χ0v) is 13.3. The van der Waals surface area contributed by atoms with Gasteiger partial charge in [0.25, 0.3) is 0 Å². The Morgan fingerprint density at radius 1 is 1.38 bits per heavy atom. The van der Waals surface area contributed by atoms with E-state index < -0.39 is 5.41 Å². The second kappa shape index (κ2) is 5.41. The van der Waals surface area contributed by atoms with Gasteiger partial charge in [-0.25, -0.2) is 4.39 Å². The molecule has 21 heavy (non-hydrogen) atoms. The zero-order chi connectivity index (χ0) is 15.8. The second-order valence-corrected chi connectivity index (χ2v) is 7.22. The largest absolute Gasteiger partial charge is 0.341 e. The first-order chi connectivity index (χ1) is 9.66. The molecular formula is C17H25FN2O. The van der Waals surface area contributed by atoms with Crippen LogP contribution < -0.4 is 5.73 Å². The number of rotatable bonds is 2. The Morgan fingerprint density at radius 2 is 2.00 bits per heavy atom. The van der Waals surface area contributed by atoms with Crippen molar-refractivity contribution in [2.75, 3.05) is 13.1 Å². The molecule has 1 fully saturated rings. The Labute approximate surface area is 126 Å². The van der Waals surface area contributed by atoms with E-state index in [0.717, 1.165) is 6.42 Å². The number of piperidine rings is 1. The van der Waals surface area contributed by atoms with E-state index >= 15 is 0 Å². The molecule has 1 unspecified atom stereocenters. The highest BCUT2D eigenvalue weighted by atomic mass is 19.1. The van der Waals surface area contributed by atoms with Crippen LogP contribution in [0.3, 0.4) is 0 Å². The van der Waals surface area contributed by atoms with Crippen molar-refractivity contribution in [2.24, 2.45) is 11.1 Å². The summed E-state index contributed by atoms with van der Waals surface area (Å²) >= 11 is 0. The van der Waals surface area contributed by atoms with Crippen molar-refractivity contribution in [2.45, 2.75) is 45.6 Å². The molecule has 1 aromatic rings. The molecule has 0 bridgehead atoms. The summed E-state index contributed by atoms with van der Waals surface area (Å²) in [7, 11) is 0. The Kier molecular flexibility index (Phi) is 4.11. The van der Waals surface area contributed by atoms with Crippen LogP contribution in [0.15, 0.2) is 24.3 Å². The minimum Gasteiger partial charge on any atom is -0.341 e. The van der Waals surface area contributed by atoms with Crippen molar-refractivity contribution in [1.29, 1.82) is 0 Å². The molecule has 3 nitrogen and oxygen atoms in total. The number of hydrogen-bond donors (Lipinski definition) is 1. The van der Waals surface area contributed by atoms with Gasteiger partial charge in [-0.1, -0.05) is 32.0 Å². The van der Waals surface area contributed by atoms with Crippen LogP contribution in [0.2, 0.25) is 0 Å². The summed E-state index contributed by atoms with van der Waals surface area (Å²) in [5, 5.41) is 0. The maximum atomic E-state index is 14.0. The van der Waals surface area contributed by atoms with Crippen molar-refractivity contribution in [3.63, 3.8) is 0 Å². The van der Waals surface area contributed by atoms with Gasteiger partial charge in [0.2, 0.25) is 5.91 Å². The number of nitrogens with two attached hydrogens (primary N) is 1. The van der Waals surface area contributed by atoms with E-state index in [0.29, 0.717) is 18.7 Å². The van der Waals surface area contributed by atoms with E-state index in [1.165, 1.54) is 6.07 Å². The van der Waals surface area contributed by atoms with Gasteiger partial charge in [0.1, 0.15) is 5.82 Å². The third-order valence-corrected chi connectivity index (χ3v) is 4.68. The first-order valence-electron chi connectivity index (χ1n) is 7.46. The highest BCUT2D eigenvalue weighted by molar-refractivity contribution is 5.87. The van der Waals surface area contributed by atoms with Gasteiger partial charge in [0.15, 0.2) is 0 Å². The minimum absolute atomic E-state index is 0.0347. The van der Waals surface area contributed by atoms with Crippen molar-refractivity contribution in [3.05, 3.63) is 35.6 Å². The molecule has 0 aliphatic carbocycles. The predicted molar refractivity (Wildman–Crippen MR) is 82.4 cm³/mol. The van der Waals surface area contributed by atoms with Crippen molar-refractivity contribution in [1.82, 2.24) is 4.90 Å². The predicted octanol–water partition coefficient (Wildman–Crippen LogP) is 2.69. The van der Waals surface area contributed by atoms with Crippen LogP contribution in [0.25, 0.3) is 0 Å². The number of hydrogen-bond acceptors (Lipinski definition) is 2. The Balaban J connectivity index is 2.25. The van der Waals surface area contributed by atoms with Gasteiger partial charge in [-0.2, -0.15) is 0 Å². The monoisotopic (exact) mass is 292 g/mol. The summed E-state index contributed by atoms with van der Waals surface area (Å²) in [6.07, 6.45) is 0.784. The fourth-order valence-corrected chi connectivity index (χ4v) is 3.03. The molecular weight excluding hydrogens is 267 g/mol. The van der Waals surface area contributed by atoms with Gasteiger partial charge in [-0.15, -0.1) is 0 Å². The molecule has 2 rings (SSSR count). The summed E-state index contributed by atoms with van der Waals surface area (Å²) in [6, 6.07) is 6.60. The van der Waals surface area contributed by atoms with E-state index in [1.807, 2.05) is 4.90 Å². The SMILES string of the molecule is CC(C)(C(=O)N1CCC(N)C(C)(C)C1)c1ccccc1F. The lowest BCUT2D eigenvalue weighted by Crippen LogP contribution is -2.57. The van der Waals surface area contributed by atoms with E-state index in [4.69, 9.17) is 5.73 Å². The van der Waals surface area contributed by atoms with Gasteiger partial charge in [-0.05, 0) is 31.7 Å². The highest BCUT2D eigenvalue weighted by Crippen LogP contribution is 2.33. The van der Waals surface area contributed by atoms with Crippen molar-refractivity contribution >= 4 is 5.91 Å². The quantitative estimate of drug-likeness (QED) is 0.911. The lowest BCUT2D eigenvalue weighted by atomic mass is 9.77. The molecule has 0 saturated carbocycles. The Bertz CT molecular complexity index is 539. The number of benzene rings is 1. The normalized spacial score (nSPS) is 22.2. The summed E-state index contributed by atoms with van der Waals surface area (Å²) in [6.45, 7) is 8.98. The fourth-order valence-electron chi connectivity index (χ4n) is 3.03. The number of carbonyl (C=O) groups is 1. The molecule has 0 spiro atoms. The summed E-state index contributed by atoms with van der Waals surface area (Å²) in [5.41, 5.74) is 5.58. The molecule has 1 atom stereocenters. The van der Waals surface area contributed by atoms with Crippen LogP contribution in [-0.2, 0) is 10.2 Å². The minimum atomic E-state index is -0.872. The molecule has 0 aromatic heterocycles. The van der Waals surface area contributed by atoms with Crippen molar-refractivity contribution in [3.8, 4) is 0 Å². The Morgan fingerprint density at radius 3 is 2.57 bits per heavy atom. The van der Waals surface area contributed by atoms with Gasteiger partial charge in [-0.3, -0.25) is 4.79 Å². The molecule has 1 aliphatic rings. The average Bonchev–Trinajstić information content (AvgIpc) is 2.41. The highest BCUT2D eigenvalue weighted by Gasteiger charge is 2.41. The molecule has 1 saturated heterocycles. The van der Waals surface area contributed by atoms with E-state index in [9.17, 15) is 9.18 Å². The third kappa shape index (κ3) is 2.95. The van der Waals surface area contributed by atoms with Gasteiger partial charge in [0, 0.05) is 24.7 Å². The van der Waals surface area contributed by atoms with Crippen LogP contribution in [0.5, 0.6) is 0 Å². The number of halogens is 1. The average molecular weight is 292 g/mol. The van der Waals surface area contributed by atoms with Crippen LogP contribution in [0, 0.1) is 11.2 Å². The molecule has 4 heteroatoms. The Hall–Kier alpha value is -1.42. The summed E-state index contributed by atoms with van der Waals surface area (Å²) < 4.78 is 14.0. The standard InChI is InChI=1S/C17H25FN2O/c1-16(2)11-20(10-9-14(16)19)15(21)17(3,4)12-7-5-6-8-13(12)18/h5-8,14H,9-11,19H2,1-4H3. The van der Waals surface area contributed by atoms with Gasteiger partial charge in [0.05, 0.1) is 5.41 Å². The lowest BCUT2D eigenvalue weighted by molar-refractivity contribution is -0.139. The molecule has 1 heterocycles. The lowest BCUT2D eigenvalue weighted by Gasteiger charge is -2.45. The molecule has 0 radical (unpaired) electrons. The number of likely N-dealkylation sites (tertiary alicyclic amines) is 1. The van der Waals surface area contributed by atoms with Crippen LogP contribution in [-0.4, -0.2) is 29.9 Å². The molecule has 2 N–H and O–H groups in total. The number of amides is 1. The first-order valence-corrected chi connectivity index (χ1v) is 7.46.